The van der Waals surface area contributed by atoms with Gasteiger partial charge in [-0.05, 0) is 204 Å². The molecule has 0 N–H and O–H groups in total. The van der Waals surface area contributed by atoms with E-state index in [2.05, 4.69) is 288 Å². The highest BCUT2D eigenvalue weighted by molar-refractivity contribution is 5.99. The van der Waals surface area contributed by atoms with Crippen molar-refractivity contribution >= 4 is 17.1 Å². The number of hydrogen-bond acceptors (Lipinski definition) is 1. The van der Waals surface area contributed by atoms with E-state index in [9.17, 15) is 0 Å². The third-order valence-corrected chi connectivity index (χ3v) is 19.6. The Hall–Kier alpha value is -8.00. The smallest absolute Gasteiger partial charge is 0.0726 e. The molecular formula is C80H73N. The van der Waals surface area contributed by atoms with E-state index in [1.807, 2.05) is 0 Å². The van der Waals surface area contributed by atoms with Crippen molar-refractivity contribution in [2.75, 3.05) is 4.90 Å². The molecule has 0 saturated heterocycles. The van der Waals surface area contributed by atoms with Crippen LogP contribution in [0.4, 0.5) is 17.1 Å². The van der Waals surface area contributed by atoms with Gasteiger partial charge < -0.3 is 4.90 Å². The largest absolute Gasteiger partial charge is 0.310 e. The average molecular weight is 1050 g/mol. The van der Waals surface area contributed by atoms with Crippen LogP contribution in [0.25, 0.3) is 55.6 Å². The predicted molar refractivity (Wildman–Crippen MR) is 341 cm³/mol. The van der Waals surface area contributed by atoms with Gasteiger partial charge in [0.2, 0.25) is 0 Å². The Balaban J connectivity index is 1.02. The van der Waals surface area contributed by atoms with Crippen molar-refractivity contribution in [1.29, 1.82) is 0 Å². The lowest BCUT2D eigenvalue weighted by Gasteiger charge is -2.35. The summed E-state index contributed by atoms with van der Waals surface area (Å²) in [6.45, 7) is 28.3. The SMILES string of the molecule is CC(C)(C)c1ccc2c(c1)C1(c3ccccc3-c3ccc(N(c4ccc5c(c4)CCc4ccccc4-5)c4ccc5c(c4)C4(c6ccccc6-5)c5cc(C(C)(C)C)ccc5-c5ccc(C(C)(C)C)cc54)cc31)c1cc(C(C)(C)C)ccc1-2. The first-order chi connectivity index (χ1) is 38.7. The second-order valence-electron chi connectivity index (χ2n) is 28.4. The van der Waals surface area contributed by atoms with Crippen molar-refractivity contribution in [2.24, 2.45) is 0 Å². The van der Waals surface area contributed by atoms with Gasteiger partial charge in [-0.15, -0.1) is 0 Å². The van der Waals surface area contributed by atoms with Gasteiger partial charge in [-0.3, -0.25) is 0 Å². The third kappa shape index (κ3) is 6.97. The summed E-state index contributed by atoms with van der Waals surface area (Å²) < 4.78 is 0. The zero-order chi connectivity index (χ0) is 55.9. The second-order valence-corrected chi connectivity index (χ2v) is 28.4. The average Bonchev–Trinajstić information content (AvgIpc) is 2.96. The summed E-state index contributed by atoms with van der Waals surface area (Å²) >= 11 is 0. The fraction of sp³-hybridized carbons (Fsp3) is 0.250. The molecule has 0 aromatic heterocycles. The van der Waals surface area contributed by atoms with E-state index in [1.54, 1.807) is 0 Å². The topological polar surface area (TPSA) is 3.24 Å². The molecule has 81 heavy (non-hydrogen) atoms. The molecule has 5 aliphatic rings. The van der Waals surface area contributed by atoms with Crippen LogP contribution in [-0.2, 0) is 45.3 Å². The highest BCUT2D eigenvalue weighted by Gasteiger charge is 2.54. The van der Waals surface area contributed by atoms with Crippen LogP contribution in [0.15, 0.2) is 200 Å². The lowest BCUT2D eigenvalue weighted by Crippen LogP contribution is -2.28. The monoisotopic (exact) mass is 1050 g/mol. The minimum Gasteiger partial charge on any atom is -0.310 e. The maximum Gasteiger partial charge on any atom is 0.0726 e. The van der Waals surface area contributed by atoms with E-state index < -0.39 is 10.8 Å². The number of fused-ring (bicyclic) bond motifs is 23. The summed E-state index contributed by atoms with van der Waals surface area (Å²) in [5.41, 5.74) is 34.8. The standard InChI is InChI=1S/C80H73N/c1-75(2,3)50-27-34-61-62-35-28-51(76(4,5)6)43-70(62)79(69(61)42-50)67-23-17-15-21-59(67)65-39-32-55(46-73(65)79)81(54-31-38-58-49(41-54)26-25-48-19-13-14-20-57(48)58)56-33-40-66-60-22-16-18-24-68(60)80(74(66)47-56)71-44-52(77(7,8)9)29-36-63(71)64-37-30-53(45-72(64)80)78(10,11)12/h13-24,27-47H,25-26H2,1-12H3. The Morgan fingerprint density at radius 3 is 0.901 bits per heavy atom. The van der Waals surface area contributed by atoms with E-state index in [1.165, 1.54) is 139 Å². The molecule has 1 heteroatoms. The Morgan fingerprint density at radius 2 is 0.519 bits per heavy atom. The van der Waals surface area contributed by atoms with Crippen LogP contribution in [0.3, 0.4) is 0 Å². The van der Waals surface area contributed by atoms with E-state index in [-0.39, 0.29) is 21.7 Å². The third-order valence-electron chi connectivity index (χ3n) is 19.6. The molecule has 2 spiro atoms. The molecule has 0 aliphatic heterocycles. The molecule has 0 saturated carbocycles. The van der Waals surface area contributed by atoms with E-state index in [4.69, 9.17) is 0 Å². The highest BCUT2D eigenvalue weighted by atomic mass is 15.1. The molecule has 0 radical (unpaired) electrons. The second kappa shape index (κ2) is 16.8. The highest BCUT2D eigenvalue weighted by Crippen LogP contribution is 2.66. The first-order valence-corrected chi connectivity index (χ1v) is 29.8. The minimum atomic E-state index is -0.545. The minimum absolute atomic E-state index is 0.0400. The van der Waals surface area contributed by atoms with Crippen molar-refractivity contribution in [3.05, 3.63) is 278 Å². The van der Waals surface area contributed by atoms with Gasteiger partial charge in [0.05, 0.1) is 10.8 Å². The number of nitrogens with zero attached hydrogens (tertiary/aromatic N) is 1. The van der Waals surface area contributed by atoms with E-state index >= 15 is 0 Å². The Labute approximate surface area is 481 Å². The number of hydrogen-bond donors (Lipinski definition) is 0. The fourth-order valence-corrected chi connectivity index (χ4v) is 15.4. The van der Waals surface area contributed by atoms with Crippen LogP contribution in [0.2, 0.25) is 0 Å². The van der Waals surface area contributed by atoms with Gasteiger partial charge in [-0.1, -0.05) is 247 Å². The molecule has 10 aromatic carbocycles. The van der Waals surface area contributed by atoms with Gasteiger partial charge in [-0.2, -0.15) is 0 Å². The molecular weight excluding hydrogens is 975 g/mol. The van der Waals surface area contributed by atoms with Crippen LogP contribution < -0.4 is 4.90 Å². The predicted octanol–water partition coefficient (Wildman–Crippen LogP) is 20.8. The first kappa shape index (κ1) is 50.0. The number of rotatable bonds is 3. The summed E-state index contributed by atoms with van der Waals surface area (Å²) in [6, 6.07) is 79.7. The van der Waals surface area contributed by atoms with Crippen LogP contribution in [0, 0.1) is 0 Å². The van der Waals surface area contributed by atoms with Gasteiger partial charge in [0, 0.05) is 17.1 Å². The molecule has 0 amide bonds. The lowest BCUT2D eigenvalue weighted by molar-refractivity contribution is 0.586. The Kier molecular flexibility index (Phi) is 10.4. The molecule has 0 heterocycles. The van der Waals surface area contributed by atoms with Gasteiger partial charge >= 0.3 is 0 Å². The van der Waals surface area contributed by atoms with Crippen LogP contribution in [0.1, 0.15) is 161 Å². The van der Waals surface area contributed by atoms with Crippen LogP contribution in [0.5, 0.6) is 0 Å². The van der Waals surface area contributed by atoms with Gasteiger partial charge in [-0.25, -0.2) is 0 Å². The summed E-state index contributed by atoms with van der Waals surface area (Å²) in [4.78, 5) is 2.62. The summed E-state index contributed by atoms with van der Waals surface area (Å²) in [5, 5.41) is 0. The fourth-order valence-electron chi connectivity index (χ4n) is 15.4. The first-order valence-electron chi connectivity index (χ1n) is 29.8. The molecule has 0 atom stereocenters. The normalized spacial score (nSPS) is 15.3. The van der Waals surface area contributed by atoms with E-state index in [0.717, 1.165) is 24.2 Å². The molecule has 5 aliphatic carbocycles. The zero-order valence-corrected chi connectivity index (χ0v) is 49.4. The van der Waals surface area contributed by atoms with Gasteiger partial charge in [0.15, 0.2) is 0 Å². The zero-order valence-electron chi connectivity index (χ0n) is 49.4. The molecule has 10 aromatic rings. The molecule has 0 fully saturated rings. The Bertz CT molecular complexity index is 3980. The molecule has 1 nitrogen and oxygen atoms in total. The maximum absolute atomic E-state index is 2.62. The molecule has 398 valence electrons. The number of anilines is 3. The number of aryl methyl sites for hydroxylation is 2. The van der Waals surface area contributed by atoms with Crippen LogP contribution in [-0.4, -0.2) is 0 Å². The lowest BCUT2D eigenvalue weighted by atomic mass is 9.68. The summed E-state index contributed by atoms with van der Waals surface area (Å²) in [7, 11) is 0. The van der Waals surface area contributed by atoms with Crippen molar-refractivity contribution in [1.82, 2.24) is 0 Å². The summed E-state index contributed by atoms with van der Waals surface area (Å²) in [5.74, 6) is 0. The van der Waals surface area contributed by atoms with Gasteiger partial charge in [0.25, 0.3) is 0 Å². The molecule has 0 bridgehead atoms. The molecule has 0 unspecified atom stereocenters. The van der Waals surface area contributed by atoms with E-state index in [0.29, 0.717) is 0 Å². The molecule has 15 rings (SSSR count). The maximum atomic E-state index is 2.62. The van der Waals surface area contributed by atoms with Crippen molar-refractivity contribution < 1.29 is 0 Å². The Morgan fingerprint density at radius 1 is 0.247 bits per heavy atom. The quantitative estimate of drug-likeness (QED) is 0.170. The summed E-state index contributed by atoms with van der Waals surface area (Å²) in [6.07, 6.45) is 2.03. The van der Waals surface area contributed by atoms with Crippen molar-refractivity contribution in [3.63, 3.8) is 0 Å². The van der Waals surface area contributed by atoms with Crippen molar-refractivity contribution in [2.45, 2.75) is 128 Å². The van der Waals surface area contributed by atoms with Gasteiger partial charge in [0.1, 0.15) is 0 Å². The van der Waals surface area contributed by atoms with Crippen molar-refractivity contribution in [3.8, 4) is 55.6 Å². The van der Waals surface area contributed by atoms with Crippen LogP contribution >= 0.6 is 0 Å². The number of benzene rings is 10.